The number of rotatable bonds is 3. The Morgan fingerprint density at radius 3 is 2.71 bits per heavy atom. The zero-order chi connectivity index (χ0) is 12.5. The quantitative estimate of drug-likeness (QED) is 0.768. The molecular formula is C12H18N2O2S. The molecule has 0 aromatic carbocycles. The van der Waals surface area contributed by atoms with Crippen molar-refractivity contribution < 1.29 is 9.90 Å². The van der Waals surface area contributed by atoms with Crippen molar-refractivity contribution in [3.05, 3.63) is 15.8 Å². The van der Waals surface area contributed by atoms with Gasteiger partial charge in [-0.3, -0.25) is 4.79 Å². The Kier molecular flexibility index (Phi) is 3.40. The number of aryl methyl sites for hydroxylation is 1. The predicted molar refractivity (Wildman–Crippen MR) is 69.2 cm³/mol. The second-order valence-corrected chi connectivity index (χ2v) is 5.98. The highest BCUT2D eigenvalue weighted by Gasteiger charge is 2.35. The first-order chi connectivity index (χ1) is 8.06. The monoisotopic (exact) mass is 254 g/mol. The van der Waals surface area contributed by atoms with Crippen LogP contribution in [0.5, 0.6) is 0 Å². The van der Waals surface area contributed by atoms with E-state index in [0.717, 1.165) is 30.6 Å². The lowest BCUT2D eigenvalue weighted by Crippen LogP contribution is -2.49. The van der Waals surface area contributed by atoms with Crippen LogP contribution in [0, 0.1) is 6.92 Å². The fourth-order valence-electron chi connectivity index (χ4n) is 2.28. The van der Waals surface area contributed by atoms with E-state index >= 15 is 0 Å². The van der Waals surface area contributed by atoms with Crippen molar-refractivity contribution in [2.45, 2.75) is 38.1 Å². The summed E-state index contributed by atoms with van der Waals surface area (Å²) in [5.74, 6) is -0.120. The van der Waals surface area contributed by atoms with Gasteiger partial charge in [0.2, 0.25) is 0 Å². The number of nitrogens with two attached hydrogens (primary N) is 1. The molecule has 1 aromatic heterocycles. The van der Waals surface area contributed by atoms with Crippen LogP contribution in [0.1, 0.15) is 40.2 Å². The van der Waals surface area contributed by atoms with Gasteiger partial charge in [0.1, 0.15) is 0 Å². The lowest BCUT2D eigenvalue weighted by Gasteiger charge is -2.27. The maximum Gasteiger partial charge on any atom is 0.261 e. The summed E-state index contributed by atoms with van der Waals surface area (Å²) in [5, 5.41) is 12.4. The zero-order valence-corrected chi connectivity index (χ0v) is 10.8. The number of carbonyl (C=O) groups is 1. The van der Waals surface area contributed by atoms with Gasteiger partial charge in [-0.1, -0.05) is 12.8 Å². The molecule has 0 spiro atoms. The molecule has 1 aliphatic rings. The minimum atomic E-state index is -0.413. The largest absolute Gasteiger partial charge is 0.398 e. The van der Waals surface area contributed by atoms with Crippen molar-refractivity contribution >= 4 is 22.9 Å². The number of nitrogens with one attached hydrogen (secondary N) is 1. The third kappa shape index (κ3) is 2.45. The van der Waals surface area contributed by atoms with Crippen molar-refractivity contribution in [3.63, 3.8) is 0 Å². The lowest BCUT2D eigenvalue weighted by molar-refractivity contribution is 0.0842. The van der Waals surface area contributed by atoms with E-state index in [1.165, 1.54) is 11.3 Å². The first kappa shape index (κ1) is 12.4. The molecule has 0 unspecified atom stereocenters. The van der Waals surface area contributed by atoms with Crippen LogP contribution >= 0.6 is 11.3 Å². The van der Waals surface area contributed by atoms with Gasteiger partial charge < -0.3 is 16.2 Å². The fraction of sp³-hybridized carbons (Fsp3) is 0.583. The van der Waals surface area contributed by atoms with Crippen molar-refractivity contribution in [1.82, 2.24) is 5.32 Å². The van der Waals surface area contributed by atoms with Gasteiger partial charge in [-0.15, -0.1) is 11.3 Å². The van der Waals surface area contributed by atoms with Crippen molar-refractivity contribution in [2.24, 2.45) is 0 Å². The van der Waals surface area contributed by atoms with Crippen LogP contribution in [0.4, 0.5) is 5.69 Å². The summed E-state index contributed by atoms with van der Waals surface area (Å²) >= 11 is 1.40. The number of aliphatic hydroxyl groups is 1. The van der Waals surface area contributed by atoms with Crippen molar-refractivity contribution in [3.8, 4) is 0 Å². The van der Waals surface area contributed by atoms with Gasteiger partial charge in [0.05, 0.1) is 17.0 Å². The number of aliphatic hydroxyl groups excluding tert-OH is 1. The summed E-state index contributed by atoms with van der Waals surface area (Å²) in [5.41, 5.74) is 5.98. The van der Waals surface area contributed by atoms with E-state index in [0.29, 0.717) is 10.6 Å². The molecule has 1 aliphatic carbocycles. The predicted octanol–water partition coefficient (Wildman–Crippen LogP) is 1.67. The van der Waals surface area contributed by atoms with Crippen LogP contribution in [0.3, 0.4) is 0 Å². The number of amides is 1. The molecule has 0 atom stereocenters. The zero-order valence-electron chi connectivity index (χ0n) is 9.95. The number of hydrogen-bond donors (Lipinski definition) is 3. The minimum Gasteiger partial charge on any atom is -0.398 e. The Labute approximate surface area is 105 Å². The van der Waals surface area contributed by atoms with E-state index in [2.05, 4.69) is 5.32 Å². The molecule has 0 radical (unpaired) electrons. The number of anilines is 1. The third-order valence-corrected chi connectivity index (χ3v) is 4.49. The molecule has 1 saturated carbocycles. The van der Waals surface area contributed by atoms with Gasteiger partial charge in [0.15, 0.2) is 0 Å². The van der Waals surface area contributed by atoms with Gasteiger partial charge in [-0.2, -0.15) is 0 Å². The Morgan fingerprint density at radius 2 is 2.24 bits per heavy atom. The molecule has 2 rings (SSSR count). The van der Waals surface area contributed by atoms with Gasteiger partial charge in [-0.25, -0.2) is 0 Å². The molecule has 17 heavy (non-hydrogen) atoms. The van der Waals surface area contributed by atoms with E-state index < -0.39 is 5.54 Å². The number of nitrogen functional groups attached to an aromatic ring is 1. The Morgan fingerprint density at radius 1 is 1.59 bits per heavy atom. The molecule has 1 aromatic rings. The molecular weight excluding hydrogens is 236 g/mol. The van der Waals surface area contributed by atoms with Crippen LogP contribution < -0.4 is 11.1 Å². The molecule has 94 valence electrons. The van der Waals surface area contributed by atoms with E-state index in [-0.39, 0.29) is 12.5 Å². The van der Waals surface area contributed by atoms with Gasteiger partial charge in [0, 0.05) is 10.6 Å². The Balaban J connectivity index is 2.10. The molecule has 1 fully saturated rings. The molecule has 5 heteroatoms. The standard InChI is InChI=1S/C12H18N2O2S/c1-8-9(13)6-10(17-8)11(16)14-12(7-15)4-2-3-5-12/h6,15H,2-5,7,13H2,1H3,(H,14,16). The van der Waals surface area contributed by atoms with E-state index in [1.807, 2.05) is 6.92 Å². The Bertz CT molecular complexity index is 403. The number of carbonyl (C=O) groups excluding carboxylic acids is 1. The second-order valence-electron chi connectivity index (χ2n) is 4.72. The summed E-state index contributed by atoms with van der Waals surface area (Å²) in [6.45, 7) is 1.91. The highest BCUT2D eigenvalue weighted by atomic mass is 32.1. The summed E-state index contributed by atoms with van der Waals surface area (Å²) < 4.78 is 0. The molecule has 0 saturated heterocycles. The molecule has 0 aliphatic heterocycles. The summed E-state index contributed by atoms with van der Waals surface area (Å²) in [7, 11) is 0. The lowest BCUT2D eigenvalue weighted by atomic mass is 9.99. The van der Waals surface area contributed by atoms with Gasteiger partial charge in [0.25, 0.3) is 5.91 Å². The van der Waals surface area contributed by atoms with Gasteiger partial charge >= 0.3 is 0 Å². The van der Waals surface area contributed by atoms with Crippen LogP contribution in [0.25, 0.3) is 0 Å². The highest BCUT2D eigenvalue weighted by molar-refractivity contribution is 7.14. The van der Waals surface area contributed by atoms with E-state index in [4.69, 9.17) is 5.73 Å². The summed E-state index contributed by atoms with van der Waals surface area (Å²) in [4.78, 5) is 13.6. The summed E-state index contributed by atoms with van der Waals surface area (Å²) in [6, 6.07) is 1.70. The van der Waals surface area contributed by atoms with Gasteiger partial charge in [-0.05, 0) is 25.8 Å². The maximum absolute atomic E-state index is 12.1. The average molecular weight is 254 g/mol. The molecule has 0 bridgehead atoms. The Hall–Kier alpha value is -1.07. The highest BCUT2D eigenvalue weighted by Crippen LogP contribution is 2.30. The number of hydrogen-bond acceptors (Lipinski definition) is 4. The minimum absolute atomic E-state index is 0.0125. The van der Waals surface area contributed by atoms with Crippen LogP contribution in [-0.4, -0.2) is 23.2 Å². The topological polar surface area (TPSA) is 75.3 Å². The van der Waals surface area contributed by atoms with E-state index in [1.54, 1.807) is 6.07 Å². The van der Waals surface area contributed by atoms with Crippen molar-refractivity contribution in [2.75, 3.05) is 12.3 Å². The molecule has 4 N–H and O–H groups in total. The molecule has 1 amide bonds. The third-order valence-electron chi connectivity index (χ3n) is 3.42. The van der Waals surface area contributed by atoms with E-state index in [9.17, 15) is 9.90 Å². The first-order valence-electron chi connectivity index (χ1n) is 5.86. The maximum atomic E-state index is 12.1. The van der Waals surface area contributed by atoms with Crippen LogP contribution in [0.2, 0.25) is 0 Å². The smallest absolute Gasteiger partial charge is 0.261 e. The SMILES string of the molecule is Cc1sc(C(=O)NC2(CO)CCCC2)cc1N. The average Bonchev–Trinajstić information content (AvgIpc) is 2.88. The fourth-order valence-corrected chi connectivity index (χ4v) is 3.12. The van der Waals surface area contributed by atoms with Crippen LogP contribution in [-0.2, 0) is 0 Å². The normalized spacial score (nSPS) is 18.2. The second kappa shape index (κ2) is 4.66. The molecule has 4 nitrogen and oxygen atoms in total. The molecule has 1 heterocycles. The van der Waals surface area contributed by atoms with Crippen LogP contribution in [0.15, 0.2) is 6.07 Å². The summed E-state index contributed by atoms with van der Waals surface area (Å²) in [6.07, 6.45) is 3.84. The number of thiophene rings is 1. The van der Waals surface area contributed by atoms with Crippen molar-refractivity contribution in [1.29, 1.82) is 0 Å². The first-order valence-corrected chi connectivity index (χ1v) is 6.67.